The van der Waals surface area contributed by atoms with Crippen molar-refractivity contribution < 1.29 is 19.8 Å². The molecule has 0 fully saturated rings. The number of carboxylic acid groups (broad SMARTS) is 2. The minimum Gasteiger partial charge on any atom is -0.481 e. The molecule has 1 aromatic rings. The molecule has 4 nitrogen and oxygen atoms in total. The minimum atomic E-state index is -0.872. The predicted octanol–water partition coefficient (Wildman–Crippen LogP) is 1.97. The van der Waals surface area contributed by atoms with E-state index in [0.29, 0.717) is 6.42 Å². The molecular formula is C13H16O4. The van der Waals surface area contributed by atoms with Crippen molar-refractivity contribution >= 4 is 11.9 Å². The maximum atomic E-state index is 11.0. The van der Waals surface area contributed by atoms with Gasteiger partial charge in [-0.3, -0.25) is 9.59 Å². The summed E-state index contributed by atoms with van der Waals surface area (Å²) in [5, 5.41) is 17.6. The van der Waals surface area contributed by atoms with Gasteiger partial charge < -0.3 is 10.2 Å². The smallest absolute Gasteiger partial charge is 0.309 e. The van der Waals surface area contributed by atoms with Crippen molar-refractivity contribution in [1.82, 2.24) is 0 Å². The second kappa shape index (κ2) is 4.99. The number of benzene rings is 1. The summed E-state index contributed by atoms with van der Waals surface area (Å²) in [5.41, 5.74) is 0.801. The Morgan fingerprint density at radius 1 is 1.06 bits per heavy atom. The molecule has 0 aliphatic heterocycles. The highest BCUT2D eigenvalue weighted by atomic mass is 16.4. The first-order valence-corrected chi connectivity index (χ1v) is 5.34. The number of hydrogen-bond acceptors (Lipinski definition) is 2. The largest absolute Gasteiger partial charge is 0.481 e. The molecule has 0 saturated heterocycles. The molecule has 0 atom stereocenters. The standard InChI is InChI=1S/C13H16O4/c1-13(2,12(16)17)8-10-5-3-9(4-6-10)7-11(14)15/h3-6H,7-8H2,1-2H3,(H,14,15)(H,16,17). The van der Waals surface area contributed by atoms with E-state index in [1.807, 2.05) is 0 Å². The van der Waals surface area contributed by atoms with Crippen LogP contribution in [0.4, 0.5) is 0 Å². The first-order valence-electron chi connectivity index (χ1n) is 5.34. The van der Waals surface area contributed by atoms with Crippen LogP contribution in [0.5, 0.6) is 0 Å². The van der Waals surface area contributed by atoms with Crippen LogP contribution >= 0.6 is 0 Å². The van der Waals surface area contributed by atoms with Crippen LogP contribution in [0.15, 0.2) is 24.3 Å². The van der Waals surface area contributed by atoms with Crippen LogP contribution in [0, 0.1) is 5.41 Å². The van der Waals surface area contributed by atoms with E-state index in [0.717, 1.165) is 11.1 Å². The maximum Gasteiger partial charge on any atom is 0.309 e. The summed E-state index contributed by atoms with van der Waals surface area (Å²) in [5.74, 6) is -1.71. The number of aliphatic carboxylic acids is 2. The van der Waals surface area contributed by atoms with E-state index >= 15 is 0 Å². The molecule has 0 aromatic heterocycles. The molecule has 0 unspecified atom stereocenters. The molecule has 1 aromatic carbocycles. The maximum absolute atomic E-state index is 11.0. The number of hydrogen-bond donors (Lipinski definition) is 2. The third-order valence-corrected chi connectivity index (χ3v) is 2.60. The van der Waals surface area contributed by atoms with Gasteiger partial charge in [0.25, 0.3) is 0 Å². The van der Waals surface area contributed by atoms with E-state index < -0.39 is 17.4 Å². The number of carbonyl (C=O) groups is 2. The van der Waals surface area contributed by atoms with E-state index in [2.05, 4.69) is 0 Å². The van der Waals surface area contributed by atoms with E-state index in [-0.39, 0.29) is 6.42 Å². The topological polar surface area (TPSA) is 74.6 Å². The predicted molar refractivity (Wildman–Crippen MR) is 62.9 cm³/mol. The van der Waals surface area contributed by atoms with Gasteiger partial charge in [-0.25, -0.2) is 0 Å². The fourth-order valence-corrected chi connectivity index (χ4v) is 1.54. The molecule has 0 saturated carbocycles. The van der Waals surface area contributed by atoms with Gasteiger partial charge in [0.15, 0.2) is 0 Å². The molecular weight excluding hydrogens is 220 g/mol. The van der Waals surface area contributed by atoms with Crippen LogP contribution in [0.3, 0.4) is 0 Å². The van der Waals surface area contributed by atoms with E-state index in [9.17, 15) is 9.59 Å². The van der Waals surface area contributed by atoms with Gasteiger partial charge in [0.2, 0.25) is 0 Å². The van der Waals surface area contributed by atoms with Crippen LogP contribution in [0.25, 0.3) is 0 Å². The Balaban J connectivity index is 2.75. The Morgan fingerprint density at radius 2 is 1.53 bits per heavy atom. The second-order valence-corrected chi connectivity index (χ2v) is 4.75. The lowest BCUT2D eigenvalue weighted by atomic mass is 9.86. The summed E-state index contributed by atoms with van der Waals surface area (Å²) < 4.78 is 0. The summed E-state index contributed by atoms with van der Waals surface area (Å²) in [6.07, 6.45) is 0.415. The van der Waals surface area contributed by atoms with Gasteiger partial charge in [0.1, 0.15) is 0 Å². The Morgan fingerprint density at radius 3 is 1.94 bits per heavy atom. The Bertz CT molecular complexity index is 418. The summed E-state index contributed by atoms with van der Waals surface area (Å²) in [7, 11) is 0. The molecule has 0 spiro atoms. The van der Waals surface area contributed by atoms with Gasteiger partial charge in [-0.1, -0.05) is 24.3 Å². The van der Waals surface area contributed by atoms with Crippen LogP contribution < -0.4 is 0 Å². The van der Waals surface area contributed by atoms with E-state index in [4.69, 9.17) is 10.2 Å². The van der Waals surface area contributed by atoms with Crippen LogP contribution in [0.1, 0.15) is 25.0 Å². The summed E-state index contributed by atoms with van der Waals surface area (Å²) in [4.78, 5) is 21.5. The molecule has 17 heavy (non-hydrogen) atoms. The van der Waals surface area contributed by atoms with Crippen molar-refractivity contribution in [2.75, 3.05) is 0 Å². The van der Waals surface area contributed by atoms with Gasteiger partial charge in [-0.05, 0) is 31.4 Å². The molecule has 92 valence electrons. The normalized spacial score (nSPS) is 11.2. The first-order chi connectivity index (χ1) is 7.81. The highest BCUT2D eigenvalue weighted by Crippen LogP contribution is 2.22. The third-order valence-electron chi connectivity index (χ3n) is 2.60. The molecule has 0 amide bonds. The molecule has 4 heteroatoms. The van der Waals surface area contributed by atoms with Crippen molar-refractivity contribution in [3.8, 4) is 0 Å². The van der Waals surface area contributed by atoms with Crippen molar-refractivity contribution in [1.29, 1.82) is 0 Å². The molecule has 0 heterocycles. The van der Waals surface area contributed by atoms with Crippen LogP contribution in [-0.2, 0) is 22.4 Å². The molecule has 0 aliphatic carbocycles. The Kier molecular flexibility index (Phi) is 3.89. The minimum absolute atomic E-state index is 0.0113. The quantitative estimate of drug-likeness (QED) is 0.819. The highest BCUT2D eigenvalue weighted by Gasteiger charge is 2.27. The summed E-state index contributed by atoms with van der Waals surface area (Å²) in [6, 6.07) is 7.01. The van der Waals surface area contributed by atoms with Crippen molar-refractivity contribution in [2.45, 2.75) is 26.7 Å². The van der Waals surface area contributed by atoms with E-state index in [1.54, 1.807) is 38.1 Å². The van der Waals surface area contributed by atoms with E-state index in [1.165, 1.54) is 0 Å². The van der Waals surface area contributed by atoms with Gasteiger partial charge >= 0.3 is 11.9 Å². The van der Waals surface area contributed by atoms with Gasteiger partial charge in [-0.15, -0.1) is 0 Å². The number of rotatable bonds is 5. The SMILES string of the molecule is CC(C)(Cc1ccc(CC(=O)O)cc1)C(=O)O. The molecule has 0 bridgehead atoms. The zero-order valence-electron chi connectivity index (χ0n) is 9.93. The second-order valence-electron chi connectivity index (χ2n) is 4.75. The monoisotopic (exact) mass is 236 g/mol. The number of carboxylic acids is 2. The van der Waals surface area contributed by atoms with Crippen LogP contribution in [-0.4, -0.2) is 22.2 Å². The average molecular weight is 236 g/mol. The Labute approximate surface area is 99.9 Å². The fourth-order valence-electron chi connectivity index (χ4n) is 1.54. The van der Waals surface area contributed by atoms with Crippen molar-refractivity contribution in [3.05, 3.63) is 35.4 Å². The first kappa shape index (κ1) is 13.2. The summed E-state index contributed by atoms with van der Waals surface area (Å²) in [6.45, 7) is 3.33. The third kappa shape index (κ3) is 3.90. The lowest BCUT2D eigenvalue weighted by Gasteiger charge is -2.18. The highest BCUT2D eigenvalue weighted by molar-refractivity contribution is 5.74. The van der Waals surface area contributed by atoms with Crippen molar-refractivity contribution in [2.24, 2.45) is 5.41 Å². The Hall–Kier alpha value is -1.84. The van der Waals surface area contributed by atoms with Gasteiger partial charge in [0, 0.05) is 0 Å². The van der Waals surface area contributed by atoms with Crippen molar-refractivity contribution in [3.63, 3.8) is 0 Å². The van der Waals surface area contributed by atoms with Gasteiger partial charge in [-0.2, -0.15) is 0 Å². The molecule has 2 N–H and O–H groups in total. The molecule has 1 rings (SSSR count). The molecule has 0 radical (unpaired) electrons. The zero-order valence-corrected chi connectivity index (χ0v) is 9.93. The van der Waals surface area contributed by atoms with Gasteiger partial charge in [0.05, 0.1) is 11.8 Å². The zero-order chi connectivity index (χ0) is 13.1. The van der Waals surface area contributed by atoms with Crippen LogP contribution in [0.2, 0.25) is 0 Å². The molecule has 0 aliphatic rings. The lowest BCUT2D eigenvalue weighted by molar-refractivity contribution is -0.146. The summed E-state index contributed by atoms with van der Waals surface area (Å²) >= 11 is 0. The lowest BCUT2D eigenvalue weighted by Crippen LogP contribution is -2.26. The average Bonchev–Trinajstić information content (AvgIpc) is 2.19. The fraction of sp³-hybridized carbons (Fsp3) is 0.385.